The van der Waals surface area contributed by atoms with Gasteiger partial charge in [-0.05, 0) is 42.8 Å². The number of sulfonamides is 1. The molecule has 1 amide bonds. The Labute approximate surface area is 170 Å². The smallest absolute Gasteiger partial charge is 0.262 e. The zero-order valence-corrected chi connectivity index (χ0v) is 17.2. The lowest BCUT2D eigenvalue weighted by atomic mass is 10.2. The zero-order chi connectivity index (χ0) is 20.9. The molecule has 1 saturated heterocycles. The molecule has 1 heterocycles. The minimum atomic E-state index is -3.63. The summed E-state index contributed by atoms with van der Waals surface area (Å²) in [7, 11) is -2.10. The van der Waals surface area contributed by atoms with Crippen LogP contribution < -0.4 is 14.8 Å². The van der Waals surface area contributed by atoms with Gasteiger partial charge in [0.05, 0.1) is 25.2 Å². The Kier molecular flexibility index (Phi) is 6.73. The molecule has 9 heteroatoms. The largest absolute Gasteiger partial charge is 0.493 e. The van der Waals surface area contributed by atoms with Crippen molar-refractivity contribution in [1.82, 2.24) is 4.31 Å². The molecule has 1 aliphatic rings. The molecule has 0 radical (unpaired) electrons. The van der Waals surface area contributed by atoms with E-state index >= 15 is 0 Å². The lowest BCUT2D eigenvalue weighted by Gasteiger charge is -2.26. The van der Waals surface area contributed by atoms with Crippen LogP contribution in [0, 0.1) is 6.92 Å². The normalized spacial score (nSPS) is 15.0. The van der Waals surface area contributed by atoms with Crippen LogP contribution in [0.25, 0.3) is 0 Å². The monoisotopic (exact) mass is 420 g/mol. The van der Waals surface area contributed by atoms with Gasteiger partial charge >= 0.3 is 0 Å². The van der Waals surface area contributed by atoms with E-state index in [-0.39, 0.29) is 11.5 Å². The maximum absolute atomic E-state index is 12.8. The van der Waals surface area contributed by atoms with Crippen molar-refractivity contribution in [2.24, 2.45) is 0 Å². The van der Waals surface area contributed by atoms with Gasteiger partial charge in [-0.15, -0.1) is 0 Å². The molecule has 1 fully saturated rings. The van der Waals surface area contributed by atoms with Gasteiger partial charge in [0.1, 0.15) is 0 Å². The van der Waals surface area contributed by atoms with Crippen molar-refractivity contribution in [3.05, 3.63) is 48.0 Å². The minimum Gasteiger partial charge on any atom is -0.493 e. The highest BCUT2D eigenvalue weighted by Gasteiger charge is 2.26. The molecule has 8 nitrogen and oxygen atoms in total. The number of aryl methyl sites for hydroxylation is 1. The molecule has 0 aliphatic carbocycles. The first-order valence-corrected chi connectivity index (χ1v) is 10.6. The summed E-state index contributed by atoms with van der Waals surface area (Å²) in [5, 5.41) is 2.66. The number of carbonyl (C=O) groups excluding carboxylic acids is 1. The van der Waals surface area contributed by atoms with Crippen molar-refractivity contribution in [2.45, 2.75) is 11.8 Å². The van der Waals surface area contributed by atoms with Gasteiger partial charge in [-0.3, -0.25) is 4.79 Å². The highest BCUT2D eigenvalue weighted by molar-refractivity contribution is 7.89. The van der Waals surface area contributed by atoms with Crippen LogP contribution in [0.4, 0.5) is 5.69 Å². The second-order valence-corrected chi connectivity index (χ2v) is 8.47. The van der Waals surface area contributed by atoms with Crippen LogP contribution in [0.2, 0.25) is 0 Å². The third-order valence-electron chi connectivity index (χ3n) is 4.40. The molecule has 0 spiro atoms. The van der Waals surface area contributed by atoms with Crippen LogP contribution in [-0.4, -0.2) is 58.7 Å². The van der Waals surface area contributed by atoms with Crippen LogP contribution in [0.5, 0.6) is 11.5 Å². The van der Waals surface area contributed by atoms with Crippen LogP contribution in [0.15, 0.2) is 47.4 Å². The fraction of sp³-hybridized carbons (Fsp3) is 0.350. The Morgan fingerprint density at radius 2 is 1.90 bits per heavy atom. The first kappa shape index (κ1) is 21.1. The van der Waals surface area contributed by atoms with Gasteiger partial charge in [0.25, 0.3) is 5.91 Å². The van der Waals surface area contributed by atoms with E-state index in [1.54, 1.807) is 18.2 Å². The summed E-state index contributed by atoms with van der Waals surface area (Å²) in [6, 6.07) is 11.6. The molecular weight excluding hydrogens is 396 g/mol. The Bertz CT molecular complexity index is 971. The molecule has 0 unspecified atom stereocenters. The highest BCUT2D eigenvalue weighted by Crippen LogP contribution is 2.27. The highest BCUT2D eigenvalue weighted by atomic mass is 32.2. The SMILES string of the molecule is COc1cc(C)ccc1OCC(=O)Nc1cccc(S(=O)(=O)N2CCOCC2)c1. The fourth-order valence-corrected chi connectivity index (χ4v) is 4.36. The second-order valence-electron chi connectivity index (χ2n) is 6.54. The second kappa shape index (κ2) is 9.25. The van der Waals surface area contributed by atoms with Crippen LogP contribution in [0.1, 0.15) is 5.56 Å². The van der Waals surface area contributed by atoms with Crippen LogP contribution in [0.3, 0.4) is 0 Å². The van der Waals surface area contributed by atoms with E-state index in [0.717, 1.165) is 5.56 Å². The predicted molar refractivity (Wildman–Crippen MR) is 108 cm³/mol. The van der Waals surface area contributed by atoms with Gasteiger partial charge in [0.15, 0.2) is 18.1 Å². The number of hydrogen-bond acceptors (Lipinski definition) is 6. The van der Waals surface area contributed by atoms with Crippen molar-refractivity contribution in [3.63, 3.8) is 0 Å². The Hall–Kier alpha value is -2.62. The van der Waals surface area contributed by atoms with Crippen molar-refractivity contribution in [3.8, 4) is 11.5 Å². The molecule has 0 saturated carbocycles. The number of amides is 1. The van der Waals surface area contributed by atoms with E-state index < -0.39 is 15.9 Å². The molecule has 1 N–H and O–H groups in total. The van der Waals surface area contributed by atoms with Crippen LogP contribution >= 0.6 is 0 Å². The lowest BCUT2D eigenvalue weighted by molar-refractivity contribution is -0.118. The van der Waals surface area contributed by atoms with Gasteiger partial charge < -0.3 is 19.5 Å². The van der Waals surface area contributed by atoms with E-state index in [2.05, 4.69) is 5.32 Å². The van der Waals surface area contributed by atoms with Gasteiger partial charge in [-0.25, -0.2) is 8.42 Å². The number of ether oxygens (including phenoxy) is 3. The number of hydrogen-bond donors (Lipinski definition) is 1. The lowest BCUT2D eigenvalue weighted by Crippen LogP contribution is -2.40. The maximum atomic E-state index is 12.8. The summed E-state index contributed by atoms with van der Waals surface area (Å²) in [4.78, 5) is 12.4. The van der Waals surface area contributed by atoms with Gasteiger partial charge in [-0.1, -0.05) is 12.1 Å². The number of carbonyl (C=O) groups is 1. The molecule has 0 aromatic heterocycles. The molecule has 2 aromatic rings. The first-order valence-electron chi connectivity index (χ1n) is 9.15. The molecule has 156 valence electrons. The number of morpholine rings is 1. The fourth-order valence-electron chi connectivity index (χ4n) is 2.90. The van der Waals surface area contributed by atoms with Gasteiger partial charge in [0, 0.05) is 18.8 Å². The summed E-state index contributed by atoms with van der Waals surface area (Å²) >= 11 is 0. The number of nitrogens with one attached hydrogen (secondary N) is 1. The van der Waals surface area contributed by atoms with Crippen LogP contribution in [-0.2, 0) is 19.6 Å². The summed E-state index contributed by atoms with van der Waals surface area (Å²) < 4.78 is 42.9. The standard InChI is InChI=1S/C20H24N2O6S/c1-15-6-7-18(19(12-15)26-2)28-14-20(23)21-16-4-3-5-17(13-16)29(24,25)22-8-10-27-11-9-22/h3-7,12-13H,8-11,14H2,1-2H3,(H,21,23). The number of rotatable bonds is 7. The number of methoxy groups -OCH3 is 1. The summed E-state index contributed by atoms with van der Waals surface area (Å²) in [6.07, 6.45) is 0. The summed E-state index contributed by atoms with van der Waals surface area (Å²) in [6.45, 7) is 3.05. The van der Waals surface area contributed by atoms with Crippen molar-refractivity contribution in [1.29, 1.82) is 0 Å². The van der Waals surface area contributed by atoms with E-state index in [9.17, 15) is 13.2 Å². The van der Waals surface area contributed by atoms with E-state index in [0.29, 0.717) is 43.5 Å². The average molecular weight is 420 g/mol. The van der Waals surface area contributed by atoms with Gasteiger partial charge in [-0.2, -0.15) is 4.31 Å². The Morgan fingerprint density at radius 1 is 1.14 bits per heavy atom. The van der Waals surface area contributed by atoms with Gasteiger partial charge in [0.2, 0.25) is 10.0 Å². The number of anilines is 1. The molecule has 29 heavy (non-hydrogen) atoms. The minimum absolute atomic E-state index is 0.123. The third-order valence-corrected chi connectivity index (χ3v) is 6.30. The third kappa shape index (κ3) is 5.26. The number of nitrogens with zero attached hydrogens (tertiary/aromatic N) is 1. The molecule has 3 rings (SSSR count). The molecular formula is C20H24N2O6S. The first-order chi connectivity index (χ1) is 13.9. The summed E-state index contributed by atoms with van der Waals surface area (Å²) in [5.41, 5.74) is 1.39. The van der Waals surface area contributed by atoms with Crippen molar-refractivity contribution < 1.29 is 27.4 Å². The average Bonchev–Trinajstić information content (AvgIpc) is 2.73. The maximum Gasteiger partial charge on any atom is 0.262 e. The molecule has 0 bridgehead atoms. The summed E-state index contributed by atoms with van der Waals surface area (Å²) in [5.74, 6) is 0.585. The molecule has 1 aliphatic heterocycles. The zero-order valence-electron chi connectivity index (χ0n) is 16.4. The Morgan fingerprint density at radius 3 is 2.62 bits per heavy atom. The molecule has 0 atom stereocenters. The predicted octanol–water partition coefficient (Wildman–Crippen LogP) is 2.04. The Balaban J connectivity index is 1.65. The number of benzene rings is 2. The topological polar surface area (TPSA) is 94.2 Å². The van der Waals surface area contributed by atoms with Crippen molar-refractivity contribution >= 4 is 21.6 Å². The van der Waals surface area contributed by atoms with E-state index in [1.807, 2.05) is 19.1 Å². The van der Waals surface area contributed by atoms with E-state index in [4.69, 9.17) is 14.2 Å². The van der Waals surface area contributed by atoms with E-state index in [1.165, 1.54) is 23.5 Å². The van der Waals surface area contributed by atoms with Crippen molar-refractivity contribution in [2.75, 3.05) is 45.3 Å². The quantitative estimate of drug-likeness (QED) is 0.737. The molecule has 2 aromatic carbocycles.